The Hall–Kier alpha value is -2.07. The van der Waals surface area contributed by atoms with Gasteiger partial charge in [-0.25, -0.2) is 9.98 Å². The van der Waals surface area contributed by atoms with Crippen molar-refractivity contribution in [2.75, 3.05) is 5.32 Å². The predicted octanol–water partition coefficient (Wildman–Crippen LogP) is 2.66. The zero-order valence-electron chi connectivity index (χ0n) is 9.68. The molecule has 4 nitrogen and oxygen atoms in total. The first kappa shape index (κ1) is 12.4. The molecule has 1 aromatic carbocycles. The lowest BCUT2D eigenvalue weighted by atomic mass is 10.3. The Labute approximate surface area is 111 Å². The highest BCUT2D eigenvalue weighted by atomic mass is 35.5. The third-order valence-corrected chi connectivity index (χ3v) is 2.49. The number of nitrogens with one attached hydrogen (secondary N) is 1. The second-order valence-electron chi connectivity index (χ2n) is 3.68. The molecule has 0 radical (unpaired) electrons. The van der Waals surface area contributed by atoms with Gasteiger partial charge in [0.2, 0.25) is 0 Å². The summed E-state index contributed by atoms with van der Waals surface area (Å²) in [7, 11) is 0. The van der Waals surface area contributed by atoms with Crippen molar-refractivity contribution in [3.8, 4) is 0 Å². The molecule has 2 aromatic rings. The molecule has 0 aliphatic carbocycles. The Balaban J connectivity index is 1.95. The normalized spacial score (nSPS) is 11.3. The SMILES string of the molecule is NC(=NCc1ccc(Cl)nc1)Nc1ccccc1. The molecular weight excluding hydrogens is 248 g/mol. The van der Waals surface area contributed by atoms with Crippen LogP contribution in [0.1, 0.15) is 5.56 Å². The Morgan fingerprint density at radius 1 is 1.22 bits per heavy atom. The highest BCUT2D eigenvalue weighted by Crippen LogP contribution is 2.07. The molecule has 0 amide bonds. The van der Waals surface area contributed by atoms with Gasteiger partial charge in [-0.2, -0.15) is 0 Å². The van der Waals surface area contributed by atoms with E-state index in [0.717, 1.165) is 11.3 Å². The van der Waals surface area contributed by atoms with Gasteiger partial charge in [0.1, 0.15) is 5.15 Å². The molecule has 0 aliphatic rings. The zero-order chi connectivity index (χ0) is 12.8. The van der Waals surface area contributed by atoms with Crippen LogP contribution in [0.15, 0.2) is 53.7 Å². The molecule has 0 aliphatic heterocycles. The zero-order valence-corrected chi connectivity index (χ0v) is 10.4. The molecule has 0 saturated carbocycles. The molecule has 0 bridgehead atoms. The smallest absolute Gasteiger partial charge is 0.193 e. The van der Waals surface area contributed by atoms with E-state index >= 15 is 0 Å². The number of aromatic nitrogens is 1. The second kappa shape index (κ2) is 6.02. The summed E-state index contributed by atoms with van der Waals surface area (Å²) in [6.07, 6.45) is 1.68. The number of guanidine groups is 1. The van der Waals surface area contributed by atoms with Crippen molar-refractivity contribution in [3.63, 3.8) is 0 Å². The fourth-order valence-electron chi connectivity index (χ4n) is 1.39. The Bertz CT molecular complexity index is 522. The van der Waals surface area contributed by atoms with E-state index in [-0.39, 0.29) is 0 Å². The summed E-state index contributed by atoms with van der Waals surface area (Å²) >= 11 is 5.70. The highest BCUT2D eigenvalue weighted by molar-refractivity contribution is 6.29. The van der Waals surface area contributed by atoms with Gasteiger partial charge in [-0.1, -0.05) is 35.9 Å². The maximum absolute atomic E-state index is 5.78. The van der Waals surface area contributed by atoms with Crippen LogP contribution in [-0.2, 0) is 6.54 Å². The summed E-state index contributed by atoms with van der Waals surface area (Å²) in [5, 5.41) is 3.48. The summed E-state index contributed by atoms with van der Waals surface area (Å²) in [6, 6.07) is 13.2. The van der Waals surface area contributed by atoms with Crippen molar-refractivity contribution in [1.29, 1.82) is 0 Å². The fraction of sp³-hybridized carbons (Fsp3) is 0.0769. The lowest BCUT2D eigenvalue weighted by Crippen LogP contribution is -2.22. The van der Waals surface area contributed by atoms with Crippen LogP contribution in [0.5, 0.6) is 0 Å². The number of para-hydroxylation sites is 1. The number of aliphatic imine (C=N–C) groups is 1. The Kier molecular flexibility index (Phi) is 4.15. The molecule has 5 heteroatoms. The van der Waals surface area contributed by atoms with Gasteiger partial charge >= 0.3 is 0 Å². The minimum atomic E-state index is 0.371. The summed E-state index contributed by atoms with van der Waals surface area (Å²) in [6.45, 7) is 0.468. The number of nitrogens with two attached hydrogens (primary N) is 1. The molecule has 1 heterocycles. The van der Waals surface area contributed by atoms with Gasteiger partial charge in [-0.05, 0) is 23.8 Å². The van der Waals surface area contributed by atoms with Gasteiger partial charge in [-0.3, -0.25) is 0 Å². The topological polar surface area (TPSA) is 63.3 Å². The molecule has 92 valence electrons. The van der Waals surface area contributed by atoms with E-state index < -0.39 is 0 Å². The Morgan fingerprint density at radius 2 is 2.00 bits per heavy atom. The van der Waals surface area contributed by atoms with Crippen LogP contribution in [-0.4, -0.2) is 10.9 Å². The quantitative estimate of drug-likeness (QED) is 0.507. The molecular formula is C13H13ClN4. The average molecular weight is 261 g/mol. The maximum Gasteiger partial charge on any atom is 0.193 e. The fourth-order valence-corrected chi connectivity index (χ4v) is 1.50. The van der Waals surface area contributed by atoms with Crippen LogP contribution in [0.3, 0.4) is 0 Å². The standard InChI is InChI=1S/C13H13ClN4/c14-12-7-6-10(8-16-12)9-17-13(15)18-11-4-2-1-3-5-11/h1-8H,9H2,(H3,15,17,18). The van der Waals surface area contributed by atoms with Crippen molar-refractivity contribution >= 4 is 23.2 Å². The summed E-state index contributed by atoms with van der Waals surface area (Å²) in [4.78, 5) is 8.20. The van der Waals surface area contributed by atoms with Crippen molar-refractivity contribution < 1.29 is 0 Å². The van der Waals surface area contributed by atoms with Crippen LogP contribution >= 0.6 is 11.6 Å². The molecule has 1 aromatic heterocycles. The first-order chi connectivity index (χ1) is 8.74. The van der Waals surface area contributed by atoms with Crippen LogP contribution in [0, 0.1) is 0 Å². The first-order valence-corrected chi connectivity index (χ1v) is 5.84. The van der Waals surface area contributed by atoms with Crippen molar-refractivity contribution in [2.24, 2.45) is 10.7 Å². The van der Waals surface area contributed by atoms with Crippen LogP contribution in [0.4, 0.5) is 5.69 Å². The van der Waals surface area contributed by atoms with E-state index in [9.17, 15) is 0 Å². The first-order valence-electron chi connectivity index (χ1n) is 5.46. The number of hydrogen-bond donors (Lipinski definition) is 2. The summed E-state index contributed by atoms with van der Waals surface area (Å²) in [5.41, 5.74) is 7.64. The number of anilines is 1. The van der Waals surface area contributed by atoms with Gasteiger partial charge in [0.25, 0.3) is 0 Å². The molecule has 2 rings (SSSR count). The van der Waals surface area contributed by atoms with Gasteiger partial charge in [0.05, 0.1) is 6.54 Å². The number of rotatable bonds is 3. The number of benzene rings is 1. The van der Waals surface area contributed by atoms with Crippen LogP contribution in [0.25, 0.3) is 0 Å². The van der Waals surface area contributed by atoms with E-state index in [0.29, 0.717) is 17.7 Å². The third kappa shape index (κ3) is 3.75. The van der Waals surface area contributed by atoms with Gasteiger partial charge < -0.3 is 11.1 Å². The lowest BCUT2D eigenvalue weighted by Gasteiger charge is -2.04. The van der Waals surface area contributed by atoms with E-state index in [1.54, 1.807) is 12.3 Å². The molecule has 0 fully saturated rings. The van der Waals surface area contributed by atoms with Gasteiger partial charge in [0.15, 0.2) is 5.96 Å². The molecule has 3 N–H and O–H groups in total. The largest absolute Gasteiger partial charge is 0.370 e. The van der Waals surface area contributed by atoms with Crippen LogP contribution < -0.4 is 11.1 Å². The van der Waals surface area contributed by atoms with Crippen LogP contribution in [0.2, 0.25) is 5.15 Å². The summed E-state index contributed by atoms with van der Waals surface area (Å²) in [5.74, 6) is 0.371. The molecule has 0 spiro atoms. The second-order valence-corrected chi connectivity index (χ2v) is 4.07. The number of halogens is 1. The number of pyridine rings is 1. The molecule has 0 atom stereocenters. The number of hydrogen-bond acceptors (Lipinski definition) is 2. The molecule has 0 unspecified atom stereocenters. The predicted molar refractivity (Wildman–Crippen MR) is 74.6 cm³/mol. The van der Waals surface area contributed by atoms with Crippen molar-refractivity contribution in [2.45, 2.75) is 6.54 Å². The monoisotopic (exact) mass is 260 g/mol. The van der Waals surface area contributed by atoms with E-state index in [2.05, 4.69) is 15.3 Å². The van der Waals surface area contributed by atoms with E-state index in [4.69, 9.17) is 17.3 Å². The lowest BCUT2D eigenvalue weighted by molar-refractivity contribution is 1.04. The Morgan fingerprint density at radius 3 is 2.67 bits per heavy atom. The van der Waals surface area contributed by atoms with Gasteiger partial charge in [-0.15, -0.1) is 0 Å². The summed E-state index contributed by atoms with van der Waals surface area (Å²) < 4.78 is 0. The van der Waals surface area contributed by atoms with Gasteiger partial charge in [0, 0.05) is 11.9 Å². The van der Waals surface area contributed by atoms with E-state index in [1.165, 1.54) is 0 Å². The minimum Gasteiger partial charge on any atom is -0.370 e. The molecule has 0 saturated heterocycles. The molecule has 18 heavy (non-hydrogen) atoms. The minimum absolute atomic E-state index is 0.371. The highest BCUT2D eigenvalue weighted by Gasteiger charge is 1.95. The maximum atomic E-state index is 5.78. The van der Waals surface area contributed by atoms with Crippen molar-refractivity contribution in [3.05, 3.63) is 59.4 Å². The van der Waals surface area contributed by atoms with Crippen molar-refractivity contribution in [1.82, 2.24) is 4.98 Å². The van der Waals surface area contributed by atoms with E-state index in [1.807, 2.05) is 36.4 Å². The number of nitrogens with zero attached hydrogens (tertiary/aromatic N) is 2. The average Bonchev–Trinajstić information content (AvgIpc) is 2.39. The third-order valence-electron chi connectivity index (χ3n) is 2.27.